The van der Waals surface area contributed by atoms with Crippen molar-refractivity contribution in [3.63, 3.8) is 0 Å². The molecule has 4 rings (SSSR count). The van der Waals surface area contributed by atoms with Crippen molar-refractivity contribution in [2.75, 3.05) is 18.5 Å². The van der Waals surface area contributed by atoms with Crippen molar-refractivity contribution in [1.82, 2.24) is 9.55 Å². The number of anilines is 1. The van der Waals surface area contributed by atoms with E-state index in [4.69, 9.17) is 14.7 Å². The van der Waals surface area contributed by atoms with E-state index in [-0.39, 0.29) is 12.5 Å². The van der Waals surface area contributed by atoms with E-state index in [2.05, 4.69) is 16.4 Å². The second-order valence-corrected chi connectivity index (χ2v) is 5.56. The van der Waals surface area contributed by atoms with E-state index in [9.17, 15) is 4.79 Å². The van der Waals surface area contributed by atoms with Crippen LogP contribution in [0.1, 0.15) is 5.56 Å². The zero-order chi connectivity index (χ0) is 17.2. The molecule has 0 saturated heterocycles. The molecule has 7 heteroatoms. The number of carbonyl (C=O) groups excluding carboxylic acids is 1. The van der Waals surface area contributed by atoms with E-state index in [1.807, 2.05) is 12.1 Å². The number of ether oxygens (including phenoxy) is 2. The molecule has 0 bridgehead atoms. The number of amides is 1. The van der Waals surface area contributed by atoms with Crippen LogP contribution in [0.3, 0.4) is 0 Å². The summed E-state index contributed by atoms with van der Waals surface area (Å²) >= 11 is 0. The number of nitriles is 1. The van der Waals surface area contributed by atoms with Crippen molar-refractivity contribution in [1.29, 1.82) is 5.26 Å². The molecule has 0 aliphatic carbocycles. The van der Waals surface area contributed by atoms with E-state index in [1.165, 1.54) is 0 Å². The lowest BCUT2D eigenvalue weighted by atomic mass is 10.2. The van der Waals surface area contributed by atoms with Gasteiger partial charge in [-0.05, 0) is 12.1 Å². The van der Waals surface area contributed by atoms with Crippen molar-refractivity contribution in [3.05, 3.63) is 48.3 Å². The lowest BCUT2D eigenvalue weighted by molar-refractivity contribution is -0.116. The Bertz CT molecular complexity index is 1000. The standard InChI is InChI=1S/C18H14N4O3/c19-9-12-3-1-2-4-13(12)21-18(23)10-22-11-20-14-7-16-17(8-15(14)22)25-6-5-24-16/h1-4,7-8,11H,5-6,10H2,(H,21,23). The van der Waals surface area contributed by atoms with Gasteiger partial charge in [-0.1, -0.05) is 12.1 Å². The third-order valence-electron chi connectivity index (χ3n) is 3.92. The van der Waals surface area contributed by atoms with Gasteiger partial charge in [0.2, 0.25) is 5.91 Å². The van der Waals surface area contributed by atoms with Gasteiger partial charge in [-0.25, -0.2) is 4.98 Å². The van der Waals surface area contributed by atoms with Gasteiger partial charge in [0.05, 0.1) is 28.6 Å². The predicted octanol–water partition coefficient (Wildman–Crippen LogP) is 2.32. The second kappa shape index (κ2) is 6.17. The summed E-state index contributed by atoms with van der Waals surface area (Å²) in [6, 6.07) is 12.6. The highest BCUT2D eigenvalue weighted by Gasteiger charge is 2.16. The number of para-hydroxylation sites is 1. The minimum atomic E-state index is -0.239. The maximum absolute atomic E-state index is 12.4. The molecule has 1 N–H and O–H groups in total. The first kappa shape index (κ1) is 15.0. The van der Waals surface area contributed by atoms with Crippen molar-refractivity contribution in [2.45, 2.75) is 6.54 Å². The highest BCUT2D eigenvalue weighted by Crippen LogP contribution is 2.34. The fourth-order valence-corrected chi connectivity index (χ4v) is 2.75. The Balaban J connectivity index is 1.58. The van der Waals surface area contributed by atoms with Crippen molar-refractivity contribution >= 4 is 22.6 Å². The minimum Gasteiger partial charge on any atom is -0.486 e. The Morgan fingerprint density at radius 1 is 1.24 bits per heavy atom. The van der Waals surface area contributed by atoms with Gasteiger partial charge in [-0.15, -0.1) is 0 Å². The zero-order valence-electron chi connectivity index (χ0n) is 13.2. The van der Waals surface area contributed by atoms with Crippen LogP contribution in [0.4, 0.5) is 5.69 Å². The van der Waals surface area contributed by atoms with Crippen molar-refractivity contribution in [2.24, 2.45) is 0 Å². The van der Waals surface area contributed by atoms with E-state index in [0.717, 1.165) is 11.0 Å². The normalized spacial score (nSPS) is 12.6. The van der Waals surface area contributed by atoms with E-state index >= 15 is 0 Å². The molecule has 0 fully saturated rings. The summed E-state index contributed by atoms with van der Waals surface area (Å²) < 4.78 is 12.9. The molecule has 0 atom stereocenters. The topological polar surface area (TPSA) is 89.2 Å². The number of hydrogen-bond acceptors (Lipinski definition) is 5. The molecule has 3 aromatic rings. The Kier molecular flexibility index (Phi) is 3.71. The average Bonchev–Trinajstić information content (AvgIpc) is 3.02. The lowest BCUT2D eigenvalue weighted by Gasteiger charge is -2.18. The van der Waals surface area contributed by atoms with Crippen molar-refractivity contribution < 1.29 is 14.3 Å². The maximum Gasteiger partial charge on any atom is 0.244 e. The van der Waals surface area contributed by atoms with Crippen LogP contribution in [0.5, 0.6) is 11.5 Å². The Labute approximate surface area is 143 Å². The highest BCUT2D eigenvalue weighted by atomic mass is 16.6. The third kappa shape index (κ3) is 2.85. The molecule has 25 heavy (non-hydrogen) atoms. The van der Waals surface area contributed by atoms with Crippen LogP contribution in [0.2, 0.25) is 0 Å². The first-order chi connectivity index (χ1) is 12.2. The van der Waals surface area contributed by atoms with Gasteiger partial charge in [0.25, 0.3) is 0 Å². The van der Waals surface area contributed by atoms with E-state index in [1.54, 1.807) is 35.2 Å². The number of nitrogens with zero attached hydrogens (tertiary/aromatic N) is 3. The van der Waals surface area contributed by atoms with Gasteiger partial charge in [-0.3, -0.25) is 4.79 Å². The fourth-order valence-electron chi connectivity index (χ4n) is 2.75. The monoisotopic (exact) mass is 334 g/mol. The van der Waals surface area contributed by atoms with Crippen LogP contribution < -0.4 is 14.8 Å². The molecule has 0 spiro atoms. The Hall–Kier alpha value is -3.53. The quantitative estimate of drug-likeness (QED) is 0.794. The molecule has 1 aliphatic heterocycles. The Morgan fingerprint density at radius 2 is 2.00 bits per heavy atom. The van der Waals surface area contributed by atoms with Gasteiger partial charge in [-0.2, -0.15) is 5.26 Å². The second-order valence-electron chi connectivity index (χ2n) is 5.56. The van der Waals surface area contributed by atoms with Crippen LogP contribution >= 0.6 is 0 Å². The van der Waals surface area contributed by atoms with Crippen LogP contribution in [0.25, 0.3) is 11.0 Å². The summed E-state index contributed by atoms with van der Waals surface area (Å²) in [5.74, 6) is 1.07. The molecular weight excluding hydrogens is 320 g/mol. The first-order valence-electron chi connectivity index (χ1n) is 7.78. The van der Waals surface area contributed by atoms with Gasteiger partial charge in [0.1, 0.15) is 25.8 Å². The summed E-state index contributed by atoms with van der Waals surface area (Å²) in [5, 5.41) is 11.9. The fraction of sp³-hybridized carbons (Fsp3) is 0.167. The summed E-state index contributed by atoms with van der Waals surface area (Å²) in [6.45, 7) is 1.09. The van der Waals surface area contributed by atoms with Crippen LogP contribution in [-0.4, -0.2) is 28.7 Å². The molecule has 124 valence electrons. The van der Waals surface area contributed by atoms with Crippen LogP contribution in [0.15, 0.2) is 42.7 Å². The van der Waals surface area contributed by atoms with E-state index < -0.39 is 0 Å². The van der Waals surface area contributed by atoms with Gasteiger partial charge in [0.15, 0.2) is 11.5 Å². The lowest BCUT2D eigenvalue weighted by Crippen LogP contribution is -2.19. The maximum atomic E-state index is 12.4. The third-order valence-corrected chi connectivity index (χ3v) is 3.92. The van der Waals surface area contributed by atoms with Crippen LogP contribution in [0, 0.1) is 11.3 Å². The molecule has 0 radical (unpaired) electrons. The van der Waals surface area contributed by atoms with Gasteiger partial charge < -0.3 is 19.4 Å². The predicted molar refractivity (Wildman–Crippen MR) is 90.5 cm³/mol. The molecule has 2 heterocycles. The number of benzene rings is 2. The summed E-state index contributed by atoms with van der Waals surface area (Å²) in [4.78, 5) is 16.7. The summed E-state index contributed by atoms with van der Waals surface area (Å²) in [5.41, 5.74) is 2.43. The number of fused-ring (bicyclic) bond motifs is 2. The number of carbonyl (C=O) groups is 1. The molecule has 1 amide bonds. The van der Waals surface area contributed by atoms with Crippen molar-refractivity contribution in [3.8, 4) is 17.6 Å². The first-order valence-corrected chi connectivity index (χ1v) is 7.78. The SMILES string of the molecule is N#Cc1ccccc1NC(=O)Cn1cnc2cc3c(cc21)OCCO3. The molecule has 7 nitrogen and oxygen atoms in total. The average molecular weight is 334 g/mol. The van der Waals surface area contributed by atoms with Gasteiger partial charge in [0, 0.05) is 12.1 Å². The molecule has 1 aromatic heterocycles. The number of aromatic nitrogens is 2. The molecular formula is C18H14N4O3. The molecule has 0 unspecified atom stereocenters. The zero-order valence-corrected chi connectivity index (χ0v) is 13.2. The highest BCUT2D eigenvalue weighted by molar-refractivity contribution is 5.93. The molecule has 1 aliphatic rings. The Morgan fingerprint density at radius 3 is 2.80 bits per heavy atom. The number of hydrogen-bond donors (Lipinski definition) is 1. The van der Waals surface area contributed by atoms with Gasteiger partial charge >= 0.3 is 0 Å². The summed E-state index contributed by atoms with van der Waals surface area (Å²) in [6.07, 6.45) is 1.60. The minimum absolute atomic E-state index is 0.0793. The number of imidazole rings is 1. The smallest absolute Gasteiger partial charge is 0.244 e. The summed E-state index contributed by atoms with van der Waals surface area (Å²) in [7, 11) is 0. The van der Waals surface area contributed by atoms with Crippen LogP contribution in [-0.2, 0) is 11.3 Å². The van der Waals surface area contributed by atoms with E-state index in [0.29, 0.717) is 36.0 Å². The molecule has 0 saturated carbocycles. The number of rotatable bonds is 3. The molecule has 2 aromatic carbocycles. The largest absolute Gasteiger partial charge is 0.486 e. The number of nitrogens with one attached hydrogen (secondary N) is 1.